The number of aromatic nitrogens is 1. The molecule has 2 aromatic rings. The lowest BCUT2D eigenvalue weighted by Crippen LogP contribution is -2.26. The minimum atomic E-state index is -0.194. The van der Waals surface area contributed by atoms with Gasteiger partial charge in [0.15, 0.2) is 5.82 Å². The molecule has 1 aromatic heterocycles. The summed E-state index contributed by atoms with van der Waals surface area (Å²) in [6.07, 6.45) is 2.51. The van der Waals surface area contributed by atoms with Crippen molar-refractivity contribution in [1.82, 2.24) is 10.1 Å². The van der Waals surface area contributed by atoms with Gasteiger partial charge in [0.25, 0.3) is 0 Å². The number of rotatable bonds is 6. The van der Waals surface area contributed by atoms with Gasteiger partial charge in [-0.1, -0.05) is 17.3 Å². The number of benzene rings is 1. The molecule has 1 fully saturated rings. The normalized spacial score (nSPS) is 18.0. The van der Waals surface area contributed by atoms with Gasteiger partial charge in [-0.3, -0.25) is 4.79 Å². The minimum Gasteiger partial charge on any atom is -0.360 e. The van der Waals surface area contributed by atoms with Crippen molar-refractivity contribution in [3.63, 3.8) is 0 Å². The van der Waals surface area contributed by atoms with E-state index >= 15 is 0 Å². The van der Waals surface area contributed by atoms with Crippen LogP contribution in [0, 0.1) is 18.7 Å². The molecule has 1 saturated heterocycles. The summed E-state index contributed by atoms with van der Waals surface area (Å²) in [5.41, 5.74) is 1.17. The molecule has 0 bridgehead atoms. The Balaban J connectivity index is 1.39. The van der Waals surface area contributed by atoms with E-state index in [0.717, 1.165) is 32.5 Å². The molecule has 1 aliphatic heterocycles. The summed E-state index contributed by atoms with van der Waals surface area (Å²) < 4.78 is 17.9. The van der Waals surface area contributed by atoms with Crippen LogP contribution in [-0.4, -0.2) is 35.6 Å². The van der Waals surface area contributed by atoms with Crippen molar-refractivity contribution in [2.75, 3.05) is 25.0 Å². The molecular formula is C18H22FN3O2. The van der Waals surface area contributed by atoms with E-state index in [1.165, 1.54) is 17.7 Å². The minimum absolute atomic E-state index is 0.0507. The van der Waals surface area contributed by atoms with Crippen LogP contribution >= 0.6 is 0 Å². The van der Waals surface area contributed by atoms with Crippen LogP contribution in [0.15, 0.2) is 34.9 Å². The van der Waals surface area contributed by atoms with E-state index in [0.29, 0.717) is 23.9 Å². The van der Waals surface area contributed by atoms with Crippen molar-refractivity contribution >= 4 is 11.7 Å². The smallest absolute Gasteiger partial charge is 0.226 e. The number of carbonyl (C=O) groups excluding carboxylic acids is 1. The van der Waals surface area contributed by atoms with Gasteiger partial charge in [0.1, 0.15) is 11.6 Å². The lowest BCUT2D eigenvalue weighted by atomic mass is 9.99. The molecule has 6 heteroatoms. The Bertz CT molecular complexity index is 684. The molecule has 0 saturated carbocycles. The summed E-state index contributed by atoms with van der Waals surface area (Å²) >= 11 is 0. The number of aryl methyl sites for hydroxylation is 1. The molecule has 0 aliphatic carbocycles. The molecule has 5 nitrogen and oxygen atoms in total. The van der Waals surface area contributed by atoms with Crippen molar-refractivity contribution < 1.29 is 13.7 Å². The molecule has 1 aromatic carbocycles. The first-order valence-electron chi connectivity index (χ1n) is 8.28. The van der Waals surface area contributed by atoms with E-state index in [2.05, 4.69) is 15.4 Å². The highest BCUT2D eigenvalue weighted by Gasteiger charge is 2.23. The molecule has 3 rings (SSSR count). The zero-order valence-electron chi connectivity index (χ0n) is 13.8. The summed E-state index contributed by atoms with van der Waals surface area (Å²) in [5.74, 6) is 1.46. The maximum absolute atomic E-state index is 12.9. The monoisotopic (exact) mass is 331 g/mol. The number of nitrogens with one attached hydrogen (secondary N) is 1. The Labute approximate surface area is 140 Å². The van der Waals surface area contributed by atoms with Crippen molar-refractivity contribution in [3.05, 3.63) is 47.5 Å². The van der Waals surface area contributed by atoms with Gasteiger partial charge < -0.3 is 14.7 Å². The van der Waals surface area contributed by atoms with Gasteiger partial charge in [-0.25, -0.2) is 4.39 Å². The number of hydrogen-bond acceptors (Lipinski definition) is 4. The first-order chi connectivity index (χ1) is 11.6. The lowest BCUT2D eigenvalue weighted by molar-refractivity contribution is -0.116. The molecule has 2 heterocycles. The van der Waals surface area contributed by atoms with E-state index in [1.807, 2.05) is 12.1 Å². The molecule has 0 radical (unpaired) electrons. The van der Waals surface area contributed by atoms with Crippen LogP contribution in [0.3, 0.4) is 0 Å². The highest BCUT2D eigenvalue weighted by atomic mass is 19.1. The standard InChI is InChI=1S/C18H22FN3O2/c1-13-10-17(21-24-13)20-18(23)7-9-22-8-6-15(12-22)11-14-2-4-16(19)5-3-14/h2-5,10,15H,6-9,11-12H2,1H3,(H,20,21,23). The van der Waals surface area contributed by atoms with Crippen LogP contribution < -0.4 is 5.32 Å². The van der Waals surface area contributed by atoms with Gasteiger partial charge in [-0.2, -0.15) is 0 Å². The average Bonchev–Trinajstić information content (AvgIpc) is 3.17. The van der Waals surface area contributed by atoms with Crippen LogP contribution in [-0.2, 0) is 11.2 Å². The first-order valence-corrected chi connectivity index (χ1v) is 8.28. The largest absolute Gasteiger partial charge is 0.360 e. The van der Waals surface area contributed by atoms with Crippen molar-refractivity contribution in [3.8, 4) is 0 Å². The van der Waals surface area contributed by atoms with Crippen molar-refractivity contribution in [1.29, 1.82) is 0 Å². The number of carbonyl (C=O) groups is 1. The zero-order valence-corrected chi connectivity index (χ0v) is 13.8. The number of anilines is 1. The SMILES string of the molecule is Cc1cc(NC(=O)CCN2CCC(Cc3ccc(F)cc3)C2)no1. The number of likely N-dealkylation sites (tertiary alicyclic amines) is 1. The Hall–Kier alpha value is -2.21. The average molecular weight is 331 g/mol. The van der Waals surface area contributed by atoms with Crippen LogP contribution in [0.4, 0.5) is 10.2 Å². The van der Waals surface area contributed by atoms with Gasteiger partial charge in [-0.05, 0) is 49.9 Å². The fourth-order valence-corrected chi connectivity index (χ4v) is 3.13. The van der Waals surface area contributed by atoms with E-state index in [9.17, 15) is 9.18 Å². The van der Waals surface area contributed by atoms with Gasteiger partial charge in [-0.15, -0.1) is 0 Å². The molecule has 1 unspecified atom stereocenters. The molecule has 0 spiro atoms. The molecule has 1 amide bonds. The maximum Gasteiger partial charge on any atom is 0.226 e. The maximum atomic E-state index is 12.9. The molecule has 24 heavy (non-hydrogen) atoms. The molecule has 128 valence electrons. The zero-order chi connectivity index (χ0) is 16.9. The summed E-state index contributed by atoms with van der Waals surface area (Å²) in [5, 5.41) is 6.49. The second kappa shape index (κ2) is 7.57. The van der Waals surface area contributed by atoms with Crippen molar-refractivity contribution in [2.45, 2.75) is 26.2 Å². The van der Waals surface area contributed by atoms with E-state index in [-0.39, 0.29) is 11.7 Å². The van der Waals surface area contributed by atoms with Gasteiger partial charge in [0, 0.05) is 25.6 Å². The molecular weight excluding hydrogens is 309 g/mol. The number of nitrogens with zero attached hydrogens (tertiary/aromatic N) is 2. The van der Waals surface area contributed by atoms with Gasteiger partial charge >= 0.3 is 0 Å². The Kier molecular flexibility index (Phi) is 5.25. The van der Waals surface area contributed by atoms with E-state index in [1.54, 1.807) is 13.0 Å². The van der Waals surface area contributed by atoms with E-state index in [4.69, 9.17) is 4.52 Å². The quantitative estimate of drug-likeness (QED) is 0.884. The van der Waals surface area contributed by atoms with E-state index < -0.39 is 0 Å². The summed E-state index contributed by atoms with van der Waals surface area (Å²) in [7, 11) is 0. The first kappa shape index (κ1) is 16.6. The Morgan fingerprint density at radius 2 is 2.21 bits per heavy atom. The summed E-state index contributed by atoms with van der Waals surface area (Å²) in [6, 6.07) is 8.43. The second-order valence-electron chi connectivity index (χ2n) is 6.41. The fraction of sp³-hybridized carbons (Fsp3) is 0.444. The van der Waals surface area contributed by atoms with Crippen LogP contribution in [0.25, 0.3) is 0 Å². The highest BCUT2D eigenvalue weighted by molar-refractivity contribution is 5.89. The van der Waals surface area contributed by atoms with Gasteiger partial charge in [0.05, 0.1) is 0 Å². The summed E-state index contributed by atoms with van der Waals surface area (Å²) in [6.45, 7) is 4.51. The number of halogens is 1. The van der Waals surface area contributed by atoms with Crippen LogP contribution in [0.2, 0.25) is 0 Å². The highest BCUT2D eigenvalue weighted by Crippen LogP contribution is 2.21. The third-order valence-electron chi connectivity index (χ3n) is 4.36. The third kappa shape index (κ3) is 4.64. The number of amides is 1. The molecule has 1 atom stereocenters. The molecule has 1 aliphatic rings. The lowest BCUT2D eigenvalue weighted by Gasteiger charge is -2.15. The second-order valence-corrected chi connectivity index (χ2v) is 6.41. The predicted molar refractivity (Wildman–Crippen MR) is 89.1 cm³/mol. The van der Waals surface area contributed by atoms with Crippen LogP contribution in [0.1, 0.15) is 24.2 Å². The predicted octanol–water partition coefficient (Wildman–Crippen LogP) is 3.02. The van der Waals surface area contributed by atoms with Crippen LogP contribution in [0.5, 0.6) is 0 Å². The van der Waals surface area contributed by atoms with Crippen molar-refractivity contribution in [2.24, 2.45) is 5.92 Å². The van der Waals surface area contributed by atoms with Gasteiger partial charge in [0.2, 0.25) is 5.91 Å². The Morgan fingerprint density at radius 3 is 2.92 bits per heavy atom. The number of hydrogen-bond donors (Lipinski definition) is 1. The fourth-order valence-electron chi connectivity index (χ4n) is 3.13. The molecule has 1 N–H and O–H groups in total. The topological polar surface area (TPSA) is 58.4 Å². The Morgan fingerprint density at radius 1 is 1.42 bits per heavy atom. The summed E-state index contributed by atoms with van der Waals surface area (Å²) in [4.78, 5) is 14.2. The third-order valence-corrected chi connectivity index (χ3v) is 4.36.